The maximum atomic E-state index is 12.6. The summed E-state index contributed by atoms with van der Waals surface area (Å²) in [6, 6.07) is 9.62. The number of aromatic nitrogens is 2. The number of aryl methyl sites for hydroxylation is 2. The zero-order chi connectivity index (χ0) is 20.5. The lowest BCUT2D eigenvalue weighted by Gasteiger charge is -2.34. The van der Waals surface area contributed by atoms with Gasteiger partial charge in [-0.1, -0.05) is 0 Å². The zero-order valence-electron chi connectivity index (χ0n) is 16.9. The van der Waals surface area contributed by atoms with Gasteiger partial charge in [-0.2, -0.15) is 5.10 Å². The van der Waals surface area contributed by atoms with Crippen molar-refractivity contribution in [2.24, 2.45) is 5.92 Å². The number of hydrogen-bond donors (Lipinski definition) is 2. The van der Waals surface area contributed by atoms with Crippen molar-refractivity contribution in [2.75, 3.05) is 18.4 Å². The zero-order valence-corrected chi connectivity index (χ0v) is 16.9. The number of hydrogen-bond acceptors (Lipinski definition) is 4. The summed E-state index contributed by atoms with van der Waals surface area (Å²) in [5.74, 6) is -0.457. The van der Waals surface area contributed by atoms with Gasteiger partial charge in [0.15, 0.2) is 0 Å². The van der Waals surface area contributed by atoms with Crippen LogP contribution < -0.4 is 5.32 Å². The van der Waals surface area contributed by atoms with Crippen molar-refractivity contribution in [1.29, 1.82) is 0 Å². The molecule has 2 amide bonds. The Balaban J connectivity index is 1.57. The molecule has 3 rings (SSSR count). The highest BCUT2D eigenvalue weighted by Crippen LogP contribution is 2.22. The second-order valence-corrected chi connectivity index (χ2v) is 8.00. The summed E-state index contributed by atoms with van der Waals surface area (Å²) in [4.78, 5) is 26.3. The summed E-state index contributed by atoms with van der Waals surface area (Å²) in [5, 5.41) is 17.3. The lowest BCUT2D eigenvalue weighted by atomic mass is 9.94. The van der Waals surface area contributed by atoms with Gasteiger partial charge in [0.05, 0.1) is 11.4 Å². The van der Waals surface area contributed by atoms with Crippen LogP contribution in [0.2, 0.25) is 0 Å². The Bertz CT molecular complexity index is 857. The molecule has 0 bridgehead atoms. The van der Waals surface area contributed by atoms with Crippen molar-refractivity contribution >= 4 is 17.5 Å². The van der Waals surface area contributed by atoms with Gasteiger partial charge in [0.1, 0.15) is 5.60 Å². The van der Waals surface area contributed by atoms with Gasteiger partial charge in [-0.25, -0.2) is 4.68 Å². The number of nitrogens with one attached hydrogen (secondary N) is 1. The Morgan fingerprint density at radius 2 is 1.75 bits per heavy atom. The van der Waals surface area contributed by atoms with Crippen LogP contribution in [-0.2, 0) is 9.59 Å². The third-order valence-electron chi connectivity index (χ3n) is 5.07. The molecule has 7 heteroatoms. The minimum Gasteiger partial charge on any atom is -0.381 e. The van der Waals surface area contributed by atoms with E-state index in [0.717, 1.165) is 22.8 Å². The molecule has 1 aromatic heterocycles. The topological polar surface area (TPSA) is 87.5 Å². The highest BCUT2D eigenvalue weighted by atomic mass is 16.3. The van der Waals surface area contributed by atoms with Gasteiger partial charge in [-0.3, -0.25) is 9.59 Å². The molecule has 1 saturated heterocycles. The Morgan fingerprint density at radius 3 is 2.25 bits per heavy atom. The summed E-state index contributed by atoms with van der Waals surface area (Å²) in [5.41, 5.74) is 2.33. The molecule has 0 spiro atoms. The minimum atomic E-state index is -1.37. The van der Waals surface area contributed by atoms with E-state index in [1.807, 2.05) is 48.9 Å². The molecule has 1 fully saturated rings. The van der Waals surface area contributed by atoms with E-state index in [-0.39, 0.29) is 17.7 Å². The van der Waals surface area contributed by atoms with Crippen LogP contribution in [0.15, 0.2) is 30.3 Å². The molecule has 2 aromatic rings. The molecule has 0 unspecified atom stereocenters. The van der Waals surface area contributed by atoms with Gasteiger partial charge in [-0.15, -0.1) is 0 Å². The summed E-state index contributed by atoms with van der Waals surface area (Å²) in [7, 11) is 0. The van der Waals surface area contributed by atoms with Crippen LogP contribution in [0, 0.1) is 19.8 Å². The number of carbonyl (C=O) groups is 2. The number of likely N-dealkylation sites (tertiary alicyclic amines) is 1. The number of nitrogens with zero attached hydrogens (tertiary/aromatic N) is 3. The predicted octanol–water partition coefficient (Wildman–Crippen LogP) is 2.44. The minimum absolute atomic E-state index is 0.0331. The molecule has 1 aliphatic heterocycles. The normalized spacial score (nSPS) is 15.5. The fourth-order valence-electron chi connectivity index (χ4n) is 3.55. The van der Waals surface area contributed by atoms with Crippen LogP contribution in [0.3, 0.4) is 0 Å². The van der Waals surface area contributed by atoms with Gasteiger partial charge in [0.2, 0.25) is 5.91 Å². The molecule has 7 nitrogen and oxygen atoms in total. The second kappa shape index (κ2) is 7.75. The fraction of sp³-hybridized carbons (Fsp3) is 0.476. The molecule has 1 aromatic carbocycles. The van der Waals surface area contributed by atoms with Crippen LogP contribution in [0.25, 0.3) is 5.69 Å². The van der Waals surface area contributed by atoms with Crippen LogP contribution in [0.5, 0.6) is 0 Å². The molecule has 0 atom stereocenters. The van der Waals surface area contributed by atoms with Gasteiger partial charge < -0.3 is 15.3 Å². The predicted molar refractivity (Wildman–Crippen MR) is 107 cm³/mol. The fourth-order valence-corrected chi connectivity index (χ4v) is 3.55. The van der Waals surface area contributed by atoms with Crippen LogP contribution in [0.4, 0.5) is 5.69 Å². The van der Waals surface area contributed by atoms with E-state index < -0.39 is 5.60 Å². The second-order valence-electron chi connectivity index (χ2n) is 8.00. The quantitative estimate of drug-likeness (QED) is 0.848. The van der Waals surface area contributed by atoms with Crippen molar-refractivity contribution in [1.82, 2.24) is 14.7 Å². The van der Waals surface area contributed by atoms with E-state index in [9.17, 15) is 14.7 Å². The molecule has 0 saturated carbocycles. The first-order chi connectivity index (χ1) is 13.1. The van der Waals surface area contributed by atoms with Crippen molar-refractivity contribution in [2.45, 2.75) is 46.1 Å². The average molecular weight is 384 g/mol. The van der Waals surface area contributed by atoms with Crippen molar-refractivity contribution < 1.29 is 14.7 Å². The SMILES string of the molecule is Cc1cc(C)n(-c2ccc(NC(=O)C3CCN(C(=O)C(C)(C)O)CC3)cc2)n1. The van der Waals surface area contributed by atoms with Crippen molar-refractivity contribution in [3.8, 4) is 5.69 Å². The first kappa shape index (κ1) is 20.1. The van der Waals surface area contributed by atoms with Crippen molar-refractivity contribution in [3.05, 3.63) is 41.7 Å². The van der Waals surface area contributed by atoms with Crippen LogP contribution in [-0.4, -0.2) is 50.3 Å². The molecule has 28 heavy (non-hydrogen) atoms. The molecule has 150 valence electrons. The maximum Gasteiger partial charge on any atom is 0.253 e. The first-order valence-electron chi connectivity index (χ1n) is 9.61. The number of anilines is 1. The first-order valence-corrected chi connectivity index (χ1v) is 9.61. The Labute approximate surface area is 165 Å². The summed E-state index contributed by atoms with van der Waals surface area (Å²) < 4.78 is 1.87. The Kier molecular flexibility index (Phi) is 5.56. The molecule has 0 radical (unpaired) electrons. The number of piperidine rings is 1. The molecular formula is C21H28N4O3. The van der Waals surface area contributed by atoms with E-state index in [2.05, 4.69) is 10.4 Å². The average Bonchev–Trinajstić information content (AvgIpc) is 2.99. The third kappa shape index (κ3) is 4.42. The van der Waals surface area contributed by atoms with Crippen LogP contribution >= 0.6 is 0 Å². The van der Waals surface area contributed by atoms with E-state index >= 15 is 0 Å². The molecule has 2 N–H and O–H groups in total. The number of rotatable bonds is 4. The van der Waals surface area contributed by atoms with E-state index in [1.165, 1.54) is 13.8 Å². The number of aliphatic hydroxyl groups is 1. The monoisotopic (exact) mass is 384 g/mol. The lowest BCUT2D eigenvalue weighted by molar-refractivity contribution is -0.150. The molecule has 0 aliphatic carbocycles. The summed E-state index contributed by atoms with van der Waals surface area (Å²) in [6.45, 7) is 7.91. The van der Waals surface area contributed by atoms with Crippen molar-refractivity contribution in [3.63, 3.8) is 0 Å². The highest BCUT2D eigenvalue weighted by molar-refractivity contribution is 5.93. The third-order valence-corrected chi connectivity index (χ3v) is 5.07. The van der Waals surface area contributed by atoms with Gasteiger partial charge in [0, 0.05) is 30.4 Å². The van der Waals surface area contributed by atoms with E-state index in [1.54, 1.807) is 4.90 Å². The highest BCUT2D eigenvalue weighted by Gasteiger charge is 2.33. The largest absolute Gasteiger partial charge is 0.381 e. The number of amides is 2. The number of benzene rings is 1. The smallest absolute Gasteiger partial charge is 0.253 e. The van der Waals surface area contributed by atoms with Gasteiger partial charge >= 0.3 is 0 Å². The number of carbonyl (C=O) groups excluding carboxylic acids is 2. The Hall–Kier alpha value is -2.67. The Morgan fingerprint density at radius 1 is 1.14 bits per heavy atom. The van der Waals surface area contributed by atoms with E-state index in [4.69, 9.17) is 0 Å². The maximum absolute atomic E-state index is 12.6. The van der Waals surface area contributed by atoms with Crippen LogP contribution in [0.1, 0.15) is 38.1 Å². The van der Waals surface area contributed by atoms with Gasteiger partial charge in [0.25, 0.3) is 5.91 Å². The summed E-state index contributed by atoms with van der Waals surface area (Å²) in [6.07, 6.45) is 1.19. The lowest BCUT2D eigenvalue weighted by Crippen LogP contribution is -2.49. The molecular weight excluding hydrogens is 356 g/mol. The summed E-state index contributed by atoms with van der Waals surface area (Å²) >= 11 is 0. The van der Waals surface area contributed by atoms with E-state index in [0.29, 0.717) is 25.9 Å². The van der Waals surface area contributed by atoms with Gasteiger partial charge in [-0.05, 0) is 70.9 Å². The standard InChI is InChI=1S/C21H28N4O3/c1-14-13-15(2)25(23-14)18-7-5-17(6-8-18)22-19(26)16-9-11-24(12-10-16)20(27)21(3,4)28/h5-8,13,16,28H,9-12H2,1-4H3,(H,22,26). The molecule has 1 aliphatic rings. The molecule has 2 heterocycles.